The Hall–Kier alpha value is -2.89. The largest absolute Gasteiger partial charge is 0.457 e. The SMILES string of the molecule is O=C(OCc1ccccc1C(F)(F)F)c1c2c(nc3ccccc13)CCCCC2. The zero-order valence-electron chi connectivity index (χ0n) is 15.8. The Labute approximate surface area is 166 Å². The number of para-hydroxylation sites is 1. The molecule has 3 aromatic rings. The smallest absolute Gasteiger partial charge is 0.416 e. The number of rotatable bonds is 3. The van der Waals surface area contributed by atoms with Gasteiger partial charge < -0.3 is 4.74 Å². The molecule has 150 valence electrons. The Kier molecular flexibility index (Phi) is 5.26. The summed E-state index contributed by atoms with van der Waals surface area (Å²) in [6, 6.07) is 12.5. The van der Waals surface area contributed by atoms with E-state index in [1.807, 2.05) is 24.3 Å². The number of nitrogens with zero attached hydrogens (tertiary/aromatic N) is 1. The molecule has 0 bridgehead atoms. The maximum atomic E-state index is 13.2. The van der Waals surface area contributed by atoms with E-state index in [0.717, 1.165) is 49.4 Å². The van der Waals surface area contributed by atoms with Gasteiger partial charge in [-0.1, -0.05) is 42.8 Å². The lowest BCUT2D eigenvalue weighted by molar-refractivity contribution is -0.138. The van der Waals surface area contributed by atoms with E-state index in [1.54, 1.807) is 0 Å². The highest BCUT2D eigenvalue weighted by molar-refractivity contribution is 6.05. The summed E-state index contributed by atoms with van der Waals surface area (Å²) in [6.07, 6.45) is 0.0215. The van der Waals surface area contributed by atoms with E-state index in [-0.39, 0.29) is 5.56 Å². The molecule has 1 aromatic heterocycles. The highest BCUT2D eigenvalue weighted by Crippen LogP contribution is 2.33. The van der Waals surface area contributed by atoms with Crippen LogP contribution in [0, 0.1) is 0 Å². The summed E-state index contributed by atoms with van der Waals surface area (Å²) in [5, 5.41) is 0.683. The predicted octanol–water partition coefficient (Wildman–Crippen LogP) is 5.88. The van der Waals surface area contributed by atoms with E-state index in [0.29, 0.717) is 16.5 Å². The number of halogens is 3. The molecule has 0 saturated heterocycles. The predicted molar refractivity (Wildman–Crippen MR) is 104 cm³/mol. The third kappa shape index (κ3) is 3.97. The van der Waals surface area contributed by atoms with E-state index in [4.69, 9.17) is 9.72 Å². The second-order valence-corrected chi connectivity index (χ2v) is 7.22. The Morgan fingerprint density at radius 3 is 2.52 bits per heavy atom. The lowest BCUT2D eigenvalue weighted by atomic mass is 9.97. The van der Waals surface area contributed by atoms with Gasteiger partial charge in [0.05, 0.1) is 16.6 Å². The molecule has 0 amide bonds. The van der Waals surface area contributed by atoms with Crippen LogP contribution in [0.2, 0.25) is 0 Å². The lowest BCUT2D eigenvalue weighted by Crippen LogP contribution is -2.14. The topological polar surface area (TPSA) is 39.2 Å². The van der Waals surface area contributed by atoms with Crippen molar-refractivity contribution in [3.63, 3.8) is 0 Å². The standard InChI is InChI=1S/C23H20F3NO2/c24-23(25,26)18-11-6-4-8-15(18)14-29-22(28)21-16-9-2-1-3-12-19(16)27-20-13-7-5-10-17(20)21/h4-8,10-11,13H,1-3,9,12,14H2. The zero-order chi connectivity index (χ0) is 20.4. The second kappa shape index (κ2) is 7.85. The molecule has 0 fully saturated rings. The summed E-state index contributed by atoms with van der Waals surface area (Å²) in [5.74, 6) is -0.598. The van der Waals surface area contributed by atoms with Gasteiger partial charge in [-0.2, -0.15) is 13.2 Å². The van der Waals surface area contributed by atoms with Crippen molar-refractivity contribution >= 4 is 16.9 Å². The molecule has 0 unspecified atom stereocenters. The monoisotopic (exact) mass is 399 g/mol. The first-order chi connectivity index (χ1) is 13.9. The molecule has 0 saturated carbocycles. The van der Waals surface area contributed by atoms with Crippen LogP contribution in [0.15, 0.2) is 48.5 Å². The number of aromatic nitrogens is 1. The average Bonchev–Trinajstić information content (AvgIpc) is 2.95. The van der Waals surface area contributed by atoms with E-state index in [9.17, 15) is 18.0 Å². The molecule has 1 heterocycles. The molecular weight excluding hydrogens is 379 g/mol. The number of ether oxygens (including phenoxy) is 1. The fourth-order valence-electron chi connectivity index (χ4n) is 3.92. The molecule has 3 nitrogen and oxygen atoms in total. The van der Waals surface area contributed by atoms with Crippen LogP contribution in [0.3, 0.4) is 0 Å². The van der Waals surface area contributed by atoms with Crippen molar-refractivity contribution in [1.82, 2.24) is 4.98 Å². The van der Waals surface area contributed by atoms with Crippen molar-refractivity contribution in [1.29, 1.82) is 0 Å². The van der Waals surface area contributed by atoms with Crippen LogP contribution in [0.4, 0.5) is 13.2 Å². The van der Waals surface area contributed by atoms with Gasteiger partial charge in [-0.15, -0.1) is 0 Å². The number of carbonyl (C=O) groups excluding carboxylic acids is 1. The third-order valence-electron chi connectivity index (χ3n) is 5.30. The second-order valence-electron chi connectivity index (χ2n) is 7.22. The van der Waals surface area contributed by atoms with E-state index < -0.39 is 24.3 Å². The summed E-state index contributed by atoms with van der Waals surface area (Å²) >= 11 is 0. The Balaban J connectivity index is 1.70. The number of aryl methyl sites for hydroxylation is 1. The first kappa shape index (κ1) is 19.4. The van der Waals surface area contributed by atoms with Gasteiger partial charge in [-0.25, -0.2) is 4.79 Å². The van der Waals surface area contributed by atoms with Gasteiger partial charge in [0, 0.05) is 16.6 Å². The highest BCUT2D eigenvalue weighted by atomic mass is 19.4. The maximum Gasteiger partial charge on any atom is 0.416 e. The fraction of sp³-hybridized carbons (Fsp3) is 0.304. The summed E-state index contributed by atoms with van der Waals surface area (Å²) < 4.78 is 45.1. The Morgan fingerprint density at radius 1 is 0.966 bits per heavy atom. The Bertz CT molecular complexity index is 1060. The molecule has 2 aromatic carbocycles. The summed E-state index contributed by atoms with van der Waals surface area (Å²) in [5.41, 5.74) is 2.07. The molecule has 0 atom stereocenters. The normalized spacial score (nSPS) is 14.3. The van der Waals surface area contributed by atoms with Gasteiger partial charge in [0.2, 0.25) is 0 Å². The number of hydrogen-bond donors (Lipinski definition) is 0. The number of fused-ring (bicyclic) bond motifs is 2. The van der Waals surface area contributed by atoms with Crippen LogP contribution in [-0.2, 0) is 30.4 Å². The molecule has 0 radical (unpaired) electrons. The molecule has 4 rings (SSSR count). The molecule has 0 spiro atoms. The molecule has 29 heavy (non-hydrogen) atoms. The minimum atomic E-state index is -4.50. The summed E-state index contributed by atoms with van der Waals surface area (Å²) in [6.45, 7) is -0.431. The lowest BCUT2D eigenvalue weighted by Gasteiger charge is -2.16. The van der Waals surface area contributed by atoms with E-state index in [2.05, 4.69) is 0 Å². The molecule has 1 aliphatic rings. The number of benzene rings is 2. The van der Waals surface area contributed by atoms with E-state index >= 15 is 0 Å². The Morgan fingerprint density at radius 2 is 1.69 bits per heavy atom. The third-order valence-corrected chi connectivity index (χ3v) is 5.30. The van der Waals surface area contributed by atoms with Gasteiger partial charge in [0.15, 0.2) is 0 Å². The maximum absolute atomic E-state index is 13.2. The minimum absolute atomic E-state index is 0.0576. The number of carbonyl (C=O) groups is 1. The molecule has 0 N–H and O–H groups in total. The zero-order valence-corrected chi connectivity index (χ0v) is 15.8. The quantitative estimate of drug-likeness (QED) is 0.408. The highest BCUT2D eigenvalue weighted by Gasteiger charge is 2.33. The number of esters is 1. The van der Waals surface area contributed by atoms with Gasteiger partial charge >= 0.3 is 12.1 Å². The van der Waals surface area contributed by atoms with Crippen molar-refractivity contribution in [3.8, 4) is 0 Å². The summed E-state index contributed by atoms with van der Waals surface area (Å²) in [7, 11) is 0. The van der Waals surface area contributed by atoms with Gasteiger partial charge in [0.25, 0.3) is 0 Å². The fourth-order valence-corrected chi connectivity index (χ4v) is 3.92. The van der Waals surface area contributed by atoms with Gasteiger partial charge in [-0.05, 0) is 43.4 Å². The molecular formula is C23H20F3NO2. The van der Waals surface area contributed by atoms with Crippen molar-refractivity contribution in [2.24, 2.45) is 0 Å². The van der Waals surface area contributed by atoms with Crippen LogP contribution in [-0.4, -0.2) is 11.0 Å². The van der Waals surface area contributed by atoms with Gasteiger partial charge in [-0.3, -0.25) is 4.98 Å². The summed E-state index contributed by atoms with van der Waals surface area (Å²) in [4.78, 5) is 17.8. The molecule has 6 heteroatoms. The van der Waals surface area contributed by atoms with Crippen LogP contribution in [0.25, 0.3) is 10.9 Å². The molecule has 0 aliphatic heterocycles. The van der Waals surface area contributed by atoms with Crippen LogP contribution in [0.5, 0.6) is 0 Å². The first-order valence-electron chi connectivity index (χ1n) is 9.68. The average molecular weight is 399 g/mol. The minimum Gasteiger partial charge on any atom is -0.457 e. The number of pyridine rings is 1. The number of alkyl halides is 3. The van der Waals surface area contributed by atoms with Crippen LogP contribution >= 0.6 is 0 Å². The first-order valence-corrected chi connectivity index (χ1v) is 9.68. The number of hydrogen-bond acceptors (Lipinski definition) is 3. The van der Waals surface area contributed by atoms with Crippen LogP contribution < -0.4 is 0 Å². The molecule has 1 aliphatic carbocycles. The van der Waals surface area contributed by atoms with Crippen LogP contribution in [0.1, 0.15) is 52.0 Å². The van der Waals surface area contributed by atoms with Gasteiger partial charge in [0.1, 0.15) is 6.61 Å². The van der Waals surface area contributed by atoms with Crippen molar-refractivity contribution in [2.75, 3.05) is 0 Å². The van der Waals surface area contributed by atoms with Crippen molar-refractivity contribution in [2.45, 2.75) is 44.9 Å². The van der Waals surface area contributed by atoms with Crippen molar-refractivity contribution in [3.05, 3.63) is 76.5 Å². The van der Waals surface area contributed by atoms with Crippen molar-refractivity contribution < 1.29 is 22.7 Å². The van der Waals surface area contributed by atoms with E-state index in [1.165, 1.54) is 18.2 Å².